The number of hydrogen-bond donors (Lipinski definition) is 3. The predicted molar refractivity (Wildman–Crippen MR) is 81.5 cm³/mol. The summed E-state index contributed by atoms with van der Waals surface area (Å²) in [4.78, 5) is 23.7. The molecular formula is C16H22N2O4. The number of piperidine rings is 1. The van der Waals surface area contributed by atoms with Crippen LogP contribution < -0.4 is 5.32 Å². The Morgan fingerprint density at radius 2 is 1.86 bits per heavy atom. The average molecular weight is 306 g/mol. The minimum Gasteiger partial charge on any atom is -0.481 e. The summed E-state index contributed by atoms with van der Waals surface area (Å²) in [5.74, 6) is -1.72. The molecule has 2 unspecified atom stereocenters. The molecule has 0 radical (unpaired) electrons. The Morgan fingerprint density at radius 1 is 1.14 bits per heavy atom. The van der Waals surface area contributed by atoms with Gasteiger partial charge in [-0.3, -0.25) is 14.5 Å². The number of nitrogens with one attached hydrogen (secondary N) is 1. The van der Waals surface area contributed by atoms with Gasteiger partial charge in [0.25, 0.3) is 0 Å². The van der Waals surface area contributed by atoms with Crippen molar-refractivity contribution in [2.75, 3.05) is 19.6 Å². The van der Waals surface area contributed by atoms with Gasteiger partial charge in [-0.2, -0.15) is 0 Å². The zero-order valence-electron chi connectivity index (χ0n) is 12.4. The summed E-state index contributed by atoms with van der Waals surface area (Å²) in [6, 6.07) is 10.1. The van der Waals surface area contributed by atoms with Crippen LogP contribution in [0.2, 0.25) is 0 Å². The molecule has 0 aromatic heterocycles. The highest BCUT2D eigenvalue weighted by Crippen LogP contribution is 2.20. The van der Waals surface area contributed by atoms with Gasteiger partial charge in [-0.25, -0.2) is 0 Å². The second kappa shape index (κ2) is 7.91. The monoisotopic (exact) mass is 306 g/mol. The number of hydrogen-bond acceptors (Lipinski definition) is 4. The van der Waals surface area contributed by atoms with Crippen LogP contribution in [0.15, 0.2) is 30.3 Å². The number of carboxylic acids is 2. The molecule has 3 N–H and O–H groups in total. The molecule has 1 aromatic rings. The molecule has 1 aliphatic rings. The number of nitrogens with zero attached hydrogens (tertiary/aromatic N) is 1. The van der Waals surface area contributed by atoms with E-state index in [1.807, 2.05) is 35.2 Å². The molecule has 0 spiro atoms. The van der Waals surface area contributed by atoms with Gasteiger partial charge in [0.15, 0.2) is 0 Å². The first kappa shape index (κ1) is 16.5. The third-order valence-electron chi connectivity index (χ3n) is 3.87. The van der Waals surface area contributed by atoms with E-state index in [9.17, 15) is 9.59 Å². The van der Waals surface area contributed by atoms with Crippen LogP contribution in [0.1, 0.15) is 18.4 Å². The number of carbonyl (C=O) groups is 2. The van der Waals surface area contributed by atoms with Gasteiger partial charge in [0, 0.05) is 32.1 Å². The van der Waals surface area contributed by atoms with Crippen molar-refractivity contribution in [3.63, 3.8) is 0 Å². The van der Waals surface area contributed by atoms with Crippen LogP contribution in [0.5, 0.6) is 0 Å². The van der Waals surface area contributed by atoms with E-state index >= 15 is 0 Å². The van der Waals surface area contributed by atoms with Gasteiger partial charge in [-0.05, 0) is 17.9 Å². The van der Waals surface area contributed by atoms with Crippen LogP contribution in [0.4, 0.5) is 0 Å². The highest BCUT2D eigenvalue weighted by molar-refractivity contribution is 5.69. The Balaban J connectivity index is 1.92. The van der Waals surface area contributed by atoms with Gasteiger partial charge in [-0.15, -0.1) is 0 Å². The summed E-state index contributed by atoms with van der Waals surface area (Å²) in [5, 5.41) is 21.3. The molecule has 120 valence electrons. The molecule has 1 fully saturated rings. The fourth-order valence-electron chi connectivity index (χ4n) is 3.02. The third-order valence-corrected chi connectivity index (χ3v) is 3.87. The summed E-state index contributed by atoms with van der Waals surface area (Å²) >= 11 is 0. The Kier molecular flexibility index (Phi) is 5.91. The lowest BCUT2D eigenvalue weighted by atomic mass is 9.91. The number of carboxylic acid groups (broad SMARTS) is 2. The molecule has 0 aliphatic carbocycles. The highest BCUT2D eigenvalue weighted by Gasteiger charge is 2.29. The van der Waals surface area contributed by atoms with Crippen molar-refractivity contribution in [3.05, 3.63) is 35.9 Å². The summed E-state index contributed by atoms with van der Waals surface area (Å²) in [6.45, 7) is 1.82. The molecule has 2 atom stereocenters. The van der Waals surface area contributed by atoms with E-state index in [1.165, 1.54) is 0 Å². The summed E-state index contributed by atoms with van der Waals surface area (Å²) < 4.78 is 0. The maximum absolute atomic E-state index is 10.9. The van der Waals surface area contributed by atoms with Crippen molar-refractivity contribution in [3.8, 4) is 0 Å². The standard InChI is InChI=1S/C16H22N2O4/c19-15(20)7-13-6-14(10-18(9-13)11-16(21)22)17-8-12-4-2-1-3-5-12/h1-5,13-14,17H,6-11H2,(H,19,20)(H,21,22). The molecule has 1 aliphatic heterocycles. The van der Waals surface area contributed by atoms with Crippen molar-refractivity contribution in [1.29, 1.82) is 0 Å². The van der Waals surface area contributed by atoms with E-state index in [-0.39, 0.29) is 24.9 Å². The van der Waals surface area contributed by atoms with Crippen molar-refractivity contribution >= 4 is 11.9 Å². The van der Waals surface area contributed by atoms with Crippen LogP contribution in [0.3, 0.4) is 0 Å². The molecule has 0 saturated carbocycles. The Hall–Kier alpha value is -1.92. The zero-order valence-corrected chi connectivity index (χ0v) is 12.4. The van der Waals surface area contributed by atoms with Crippen molar-refractivity contribution in [2.45, 2.75) is 25.4 Å². The average Bonchev–Trinajstić information content (AvgIpc) is 2.44. The number of rotatable bonds is 7. The second-order valence-corrected chi connectivity index (χ2v) is 5.85. The zero-order chi connectivity index (χ0) is 15.9. The maximum Gasteiger partial charge on any atom is 0.317 e. The molecular weight excluding hydrogens is 284 g/mol. The van der Waals surface area contributed by atoms with Crippen molar-refractivity contribution < 1.29 is 19.8 Å². The van der Waals surface area contributed by atoms with Gasteiger partial charge in [0.1, 0.15) is 0 Å². The first-order chi connectivity index (χ1) is 10.5. The van der Waals surface area contributed by atoms with Gasteiger partial charge in [0.05, 0.1) is 6.54 Å². The van der Waals surface area contributed by atoms with Crippen molar-refractivity contribution in [1.82, 2.24) is 10.2 Å². The smallest absolute Gasteiger partial charge is 0.317 e. The van der Waals surface area contributed by atoms with Gasteiger partial charge < -0.3 is 15.5 Å². The van der Waals surface area contributed by atoms with Crippen LogP contribution >= 0.6 is 0 Å². The summed E-state index contributed by atoms with van der Waals surface area (Å²) in [7, 11) is 0. The fraction of sp³-hybridized carbons (Fsp3) is 0.500. The summed E-state index contributed by atoms with van der Waals surface area (Å²) in [5.41, 5.74) is 1.16. The molecule has 2 rings (SSSR count). The van der Waals surface area contributed by atoms with Gasteiger partial charge >= 0.3 is 11.9 Å². The Labute approximate surface area is 129 Å². The quantitative estimate of drug-likeness (QED) is 0.697. The Morgan fingerprint density at radius 3 is 2.50 bits per heavy atom. The lowest BCUT2D eigenvalue weighted by molar-refractivity contribution is -0.139. The van der Waals surface area contributed by atoms with Gasteiger partial charge in [-0.1, -0.05) is 30.3 Å². The SMILES string of the molecule is O=C(O)CC1CC(NCc2ccccc2)CN(CC(=O)O)C1. The minimum atomic E-state index is -0.877. The van der Waals surface area contributed by atoms with E-state index in [0.717, 1.165) is 12.0 Å². The first-order valence-electron chi connectivity index (χ1n) is 7.46. The summed E-state index contributed by atoms with van der Waals surface area (Å²) in [6.07, 6.45) is 0.842. The van der Waals surface area contributed by atoms with Crippen LogP contribution in [-0.2, 0) is 16.1 Å². The van der Waals surface area contributed by atoms with Crippen LogP contribution in [0, 0.1) is 5.92 Å². The normalized spacial score (nSPS) is 22.4. The fourth-order valence-corrected chi connectivity index (χ4v) is 3.02. The number of aliphatic carboxylic acids is 2. The maximum atomic E-state index is 10.9. The highest BCUT2D eigenvalue weighted by atomic mass is 16.4. The molecule has 1 heterocycles. The molecule has 0 bridgehead atoms. The molecule has 1 aromatic carbocycles. The Bertz CT molecular complexity index is 482. The van der Waals surface area contributed by atoms with Crippen molar-refractivity contribution in [2.24, 2.45) is 5.92 Å². The van der Waals surface area contributed by atoms with E-state index in [2.05, 4.69) is 5.32 Å². The molecule has 0 amide bonds. The molecule has 6 heteroatoms. The van der Waals surface area contributed by atoms with Crippen LogP contribution in [0.25, 0.3) is 0 Å². The van der Waals surface area contributed by atoms with E-state index in [0.29, 0.717) is 19.6 Å². The predicted octanol–water partition coefficient (Wildman–Crippen LogP) is 1.03. The second-order valence-electron chi connectivity index (χ2n) is 5.85. The molecule has 6 nitrogen and oxygen atoms in total. The largest absolute Gasteiger partial charge is 0.481 e. The lowest BCUT2D eigenvalue weighted by Gasteiger charge is -2.37. The molecule has 22 heavy (non-hydrogen) atoms. The molecule has 1 saturated heterocycles. The van der Waals surface area contributed by atoms with Crippen LogP contribution in [-0.4, -0.2) is 52.7 Å². The number of likely N-dealkylation sites (tertiary alicyclic amines) is 1. The number of benzene rings is 1. The minimum absolute atomic E-state index is 0.0149. The lowest BCUT2D eigenvalue weighted by Crippen LogP contribution is -2.50. The first-order valence-corrected chi connectivity index (χ1v) is 7.46. The third kappa shape index (κ3) is 5.46. The van der Waals surface area contributed by atoms with E-state index in [1.54, 1.807) is 0 Å². The van der Waals surface area contributed by atoms with E-state index < -0.39 is 11.9 Å². The topological polar surface area (TPSA) is 89.9 Å². The van der Waals surface area contributed by atoms with Gasteiger partial charge in [0.2, 0.25) is 0 Å². The van der Waals surface area contributed by atoms with E-state index in [4.69, 9.17) is 10.2 Å².